The van der Waals surface area contributed by atoms with E-state index in [0.29, 0.717) is 18.7 Å². The third-order valence-corrected chi connectivity index (χ3v) is 6.06. The molecular formula is C22H27N3O4S. The zero-order chi connectivity index (χ0) is 21.6. The van der Waals surface area contributed by atoms with Crippen LogP contribution < -0.4 is 10.1 Å². The van der Waals surface area contributed by atoms with E-state index in [2.05, 4.69) is 15.2 Å². The Balaban J connectivity index is 1.94. The van der Waals surface area contributed by atoms with Crippen molar-refractivity contribution in [3.05, 3.63) is 54.6 Å². The number of aromatic nitrogens is 1. The summed E-state index contributed by atoms with van der Waals surface area (Å²) in [5.41, 5.74) is 0.671. The van der Waals surface area contributed by atoms with Gasteiger partial charge in [-0.3, -0.25) is 0 Å². The molecule has 2 aromatic carbocycles. The van der Waals surface area contributed by atoms with Crippen molar-refractivity contribution in [1.82, 2.24) is 9.88 Å². The van der Waals surface area contributed by atoms with Gasteiger partial charge in [-0.25, -0.2) is 8.42 Å². The molecule has 0 saturated heterocycles. The number of rotatable bonds is 10. The Kier molecular flexibility index (Phi) is 7.12. The van der Waals surface area contributed by atoms with Crippen LogP contribution in [0.5, 0.6) is 5.75 Å². The van der Waals surface area contributed by atoms with Gasteiger partial charge in [0.2, 0.25) is 26.6 Å². The van der Waals surface area contributed by atoms with Gasteiger partial charge in [-0.2, -0.15) is 4.98 Å². The maximum atomic E-state index is 13.2. The lowest BCUT2D eigenvalue weighted by molar-refractivity contribution is 0.340. The summed E-state index contributed by atoms with van der Waals surface area (Å²) >= 11 is 0. The highest BCUT2D eigenvalue weighted by atomic mass is 32.2. The summed E-state index contributed by atoms with van der Waals surface area (Å²) in [6.07, 6.45) is 0.830. The maximum Gasteiger partial charge on any atom is 0.233 e. The van der Waals surface area contributed by atoms with Crippen molar-refractivity contribution in [1.29, 1.82) is 0 Å². The zero-order valence-electron chi connectivity index (χ0n) is 17.5. The van der Waals surface area contributed by atoms with E-state index in [1.165, 1.54) is 0 Å². The fraction of sp³-hybridized carbons (Fsp3) is 0.318. The summed E-state index contributed by atoms with van der Waals surface area (Å²) in [7, 11) is 0.150. The number of benzene rings is 2. The van der Waals surface area contributed by atoms with E-state index in [4.69, 9.17) is 9.15 Å². The lowest BCUT2D eigenvalue weighted by atomic mass is 10.2. The van der Waals surface area contributed by atoms with E-state index >= 15 is 0 Å². The van der Waals surface area contributed by atoms with Crippen LogP contribution in [0.3, 0.4) is 0 Å². The second kappa shape index (κ2) is 9.77. The van der Waals surface area contributed by atoms with Crippen LogP contribution in [-0.2, 0) is 9.84 Å². The maximum absolute atomic E-state index is 13.2. The fourth-order valence-corrected chi connectivity index (χ4v) is 4.19. The minimum absolute atomic E-state index is 0.109. The number of ether oxygens (including phenoxy) is 1. The predicted molar refractivity (Wildman–Crippen MR) is 117 cm³/mol. The molecule has 1 N–H and O–H groups in total. The van der Waals surface area contributed by atoms with E-state index in [1.54, 1.807) is 54.6 Å². The molecule has 0 radical (unpaired) electrons. The number of sulfone groups is 1. The van der Waals surface area contributed by atoms with Crippen molar-refractivity contribution in [3.8, 4) is 17.2 Å². The monoisotopic (exact) mass is 429 g/mol. The highest BCUT2D eigenvalue weighted by Crippen LogP contribution is 2.32. The highest BCUT2D eigenvalue weighted by Gasteiger charge is 2.28. The van der Waals surface area contributed by atoms with Gasteiger partial charge in [0.15, 0.2) is 0 Å². The van der Waals surface area contributed by atoms with Gasteiger partial charge in [-0.15, -0.1) is 0 Å². The first kappa shape index (κ1) is 21.9. The number of hydrogen-bond acceptors (Lipinski definition) is 7. The lowest BCUT2D eigenvalue weighted by Crippen LogP contribution is -2.17. The van der Waals surface area contributed by atoms with Crippen LogP contribution in [0.25, 0.3) is 11.5 Å². The van der Waals surface area contributed by atoms with E-state index < -0.39 is 9.84 Å². The van der Waals surface area contributed by atoms with Crippen molar-refractivity contribution < 1.29 is 17.6 Å². The van der Waals surface area contributed by atoms with Gasteiger partial charge >= 0.3 is 0 Å². The standard InChI is InChI=1S/C22H27N3O4S/c1-4-28-18-13-11-17(12-14-18)20-24-22(21(29-20)23-15-8-16-25(2)3)30(26,27)19-9-6-5-7-10-19/h5-7,9-14,23H,4,8,15-16H2,1-3H3. The minimum Gasteiger partial charge on any atom is -0.494 e. The van der Waals surface area contributed by atoms with Gasteiger partial charge < -0.3 is 19.4 Å². The van der Waals surface area contributed by atoms with Crippen LogP contribution in [0.4, 0.5) is 5.88 Å². The summed E-state index contributed by atoms with van der Waals surface area (Å²) < 4.78 is 37.7. The Hall–Kier alpha value is -2.84. The molecule has 0 bridgehead atoms. The molecule has 1 heterocycles. The lowest BCUT2D eigenvalue weighted by Gasteiger charge is -2.10. The Labute approximate surface area is 177 Å². The van der Waals surface area contributed by atoms with E-state index in [0.717, 1.165) is 18.7 Å². The smallest absolute Gasteiger partial charge is 0.233 e. The molecule has 0 unspecified atom stereocenters. The first-order chi connectivity index (χ1) is 14.4. The molecule has 0 aliphatic carbocycles. The molecule has 0 spiro atoms. The SMILES string of the molecule is CCOc1ccc(-c2nc(S(=O)(=O)c3ccccc3)c(NCCCN(C)C)o2)cc1. The average molecular weight is 430 g/mol. The number of nitrogens with zero attached hydrogens (tertiary/aromatic N) is 2. The summed E-state index contributed by atoms with van der Waals surface area (Å²) in [6, 6.07) is 15.4. The molecule has 0 fully saturated rings. The van der Waals surface area contributed by atoms with Crippen molar-refractivity contribution in [2.75, 3.05) is 39.1 Å². The molecule has 0 amide bonds. The third kappa shape index (κ3) is 5.20. The molecule has 1 aromatic heterocycles. The summed E-state index contributed by atoms with van der Waals surface area (Å²) in [6.45, 7) is 3.91. The molecule has 0 atom stereocenters. The quantitative estimate of drug-likeness (QED) is 0.489. The molecule has 3 aromatic rings. The van der Waals surface area contributed by atoms with Crippen LogP contribution in [0.2, 0.25) is 0 Å². The van der Waals surface area contributed by atoms with Gasteiger partial charge in [0.05, 0.1) is 11.5 Å². The van der Waals surface area contributed by atoms with Crippen molar-refractivity contribution >= 4 is 15.7 Å². The van der Waals surface area contributed by atoms with Crippen molar-refractivity contribution in [2.24, 2.45) is 0 Å². The molecule has 30 heavy (non-hydrogen) atoms. The average Bonchev–Trinajstić information content (AvgIpc) is 3.18. The van der Waals surface area contributed by atoms with Crippen molar-refractivity contribution in [2.45, 2.75) is 23.3 Å². The van der Waals surface area contributed by atoms with Crippen LogP contribution in [0.1, 0.15) is 13.3 Å². The second-order valence-corrected chi connectivity index (χ2v) is 8.88. The summed E-state index contributed by atoms with van der Waals surface area (Å²) in [5.74, 6) is 1.12. The van der Waals surface area contributed by atoms with Crippen LogP contribution in [0.15, 0.2) is 68.9 Å². The molecule has 3 rings (SSSR count). The molecular weight excluding hydrogens is 402 g/mol. The van der Waals surface area contributed by atoms with Crippen LogP contribution >= 0.6 is 0 Å². The van der Waals surface area contributed by atoms with Crippen LogP contribution in [-0.4, -0.2) is 52.1 Å². The number of nitrogens with one attached hydrogen (secondary N) is 1. The first-order valence-electron chi connectivity index (χ1n) is 9.84. The van der Waals surface area contributed by atoms with Crippen molar-refractivity contribution in [3.63, 3.8) is 0 Å². The molecule has 0 saturated carbocycles. The van der Waals surface area contributed by atoms with E-state index in [-0.39, 0.29) is 21.7 Å². The second-order valence-electron chi connectivity index (χ2n) is 7.01. The van der Waals surface area contributed by atoms with Crippen LogP contribution in [0, 0.1) is 0 Å². The molecule has 7 nitrogen and oxygen atoms in total. The number of anilines is 1. The summed E-state index contributed by atoms with van der Waals surface area (Å²) in [5, 5.41) is 3.00. The Morgan fingerprint density at radius 2 is 1.77 bits per heavy atom. The van der Waals surface area contributed by atoms with Gasteiger partial charge in [0.1, 0.15) is 5.75 Å². The summed E-state index contributed by atoms with van der Waals surface area (Å²) in [4.78, 5) is 6.59. The predicted octanol–water partition coefficient (Wildman–Crippen LogP) is 3.94. The minimum atomic E-state index is -3.83. The van der Waals surface area contributed by atoms with E-state index in [1.807, 2.05) is 21.0 Å². The highest BCUT2D eigenvalue weighted by molar-refractivity contribution is 7.91. The topological polar surface area (TPSA) is 84.7 Å². The Morgan fingerprint density at radius 3 is 2.40 bits per heavy atom. The normalized spacial score (nSPS) is 11.6. The molecule has 0 aliphatic rings. The zero-order valence-corrected chi connectivity index (χ0v) is 18.3. The number of oxazole rings is 1. The molecule has 8 heteroatoms. The van der Waals surface area contributed by atoms with Gasteiger partial charge in [0.25, 0.3) is 0 Å². The fourth-order valence-electron chi connectivity index (χ4n) is 2.89. The van der Waals surface area contributed by atoms with Gasteiger partial charge in [-0.1, -0.05) is 18.2 Å². The third-order valence-electron chi connectivity index (χ3n) is 4.38. The number of hydrogen-bond donors (Lipinski definition) is 1. The molecule has 0 aliphatic heterocycles. The van der Waals surface area contributed by atoms with Gasteiger partial charge in [0, 0.05) is 12.1 Å². The first-order valence-corrected chi connectivity index (χ1v) is 11.3. The van der Waals surface area contributed by atoms with E-state index in [9.17, 15) is 8.42 Å². The van der Waals surface area contributed by atoms with Gasteiger partial charge in [-0.05, 0) is 70.4 Å². The Morgan fingerprint density at radius 1 is 1.07 bits per heavy atom. The molecule has 160 valence electrons. The Bertz CT molecular complexity index is 1050. The largest absolute Gasteiger partial charge is 0.494 e.